The van der Waals surface area contributed by atoms with Crippen molar-refractivity contribution in [3.8, 4) is 11.1 Å². The summed E-state index contributed by atoms with van der Waals surface area (Å²) in [6, 6.07) is 12.2. The van der Waals surface area contributed by atoms with Crippen molar-refractivity contribution < 1.29 is 9.59 Å². The van der Waals surface area contributed by atoms with Crippen molar-refractivity contribution in [3.05, 3.63) is 42.5 Å². The molecule has 0 unspecified atom stereocenters. The zero-order valence-corrected chi connectivity index (χ0v) is 10.6. The topological polar surface area (TPSA) is 58.9 Å². The van der Waals surface area contributed by atoms with Gasteiger partial charge in [-0.1, -0.05) is 18.2 Å². The molecule has 0 bridgehead atoms. The van der Waals surface area contributed by atoms with Gasteiger partial charge in [-0.3, -0.25) is 0 Å². The third-order valence-corrected chi connectivity index (χ3v) is 2.91. The van der Waals surface area contributed by atoms with Crippen LogP contribution in [0.15, 0.2) is 57.3 Å². The fourth-order valence-corrected chi connectivity index (χ4v) is 1.97. The molecule has 0 N–H and O–H groups in total. The summed E-state index contributed by atoms with van der Waals surface area (Å²) in [5.41, 5.74) is 2.40. The van der Waals surface area contributed by atoms with Gasteiger partial charge in [0.15, 0.2) is 0 Å². The minimum atomic E-state index is 0.465. The van der Waals surface area contributed by atoms with Gasteiger partial charge in [-0.05, 0) is 29.8 Å². The Morgan fingerprint density at radius 1 is 0.895 bits per heavy atom. The van der Waals surface area contributed by atoms with Gasteiger partial charge < -0.3 is 0 Å². The van der Waals surface area contributed by atoms with E-state index in [1.54, 1.807) is 36.4 Å². The number of thiol groups is 1. The number of isocyanates is 2. The maximum Gasteiger partial charge on any atom is 0.240 e. The fraction of sp³-hybridized carbons (Fsp3) is 0. The van der Waals surface area contributed by atoms with E-state index in [9.17, 15) is 9.59 Å². The molecule has 0 atom stereocenters. The molecule has 0 saturated heterocycles. The molecule has 0 fully saturated rings. The lowest BCUT2D eigenvalue weighted by Gasteiger charge is -2.08. The molecule has 0 aliphatic heterocycles. The van der Waals surface area contributed by atoms with Gasteiger partial charge in [0, 0.05) is 10.5 Å². The molecule has 2 aromatic rings. The van der Waals surface area contributed by atoms with E-state index >= 15 is 0 Å². The number of aliphatic imine (C=N–C) groups is 2. The van der Waals surface area contributed by atoms with Gasteiger partial charge in [-0.2, -0.15) is 9.98 Å². The van der Waals surface area contributed by atoms with Crippen LogP contribution in [-0.2, 0) is 9.59 Å². The van der Waals surface area contributed by atoms with Crippen LogP contribution in [0.25, 0.3) is 11.1 Å². The van der Waals surface area contributed by atoms with Crippen molar-refractivity contribution in [1.29, 1.82) is 0 Å². The predicted octanol–water partition coefficient (Wildman–Crippen LogP) is 3.58. The van der Waals surface area contributed by atoms with Crippen molar-refractivity contribution >= 4 is 36.2 Å². The highest BCUT2D eigenvalue weighted by atomic mass is 32.1. The Morgan fingerprint density at radius 2 is 1.63 bits per heavy atom. The molecule has 0 amide bonds. The molecule has 4 nitrogen and oxygen atoms in total. The number of para-hydroxylation sites is 1. The second-order valence-electron chi connectivity index (χ2n) is 3.62. The van der Waals surface area contributed by atoms with Crippen LogP contribution in [0.2, 0.25) is 0 Å². The summed E-state index contributed by atoms with van der Waals surface area (Å²) in [4.78, 5) is 28.6. The van der Waals surface area contributed by atoms with E-state index < -0.39 is 0 Å². The highest BCUT2D eigenvalue weighted by molar-refractivity contribution is 7.80. The first-order chi connectivity index (χ1) is 9.26. The predicted molar refractivity (Wildman–Crippen MR) is 74.7 cm³/mol. The van der Waals surface area contributed by atoms with E-state index in [0.717, 1.165) is 11.1 Å². The summed E-state index contributed by atoms with van der Waals surface area (Å²) >= 11 is 4.36. The summed E-state index contributed by atoms with van der Waals surface area (Å²) in [6.07, 6.45) is 3.00. The molecular weight excluding hydrogens is 260 g/mol. The molecule has 0 aliphatic carbocycles. The smallest absolute Gasteiger partial charge is 0.211 e. The fourth-order valence-electron chi connectivity index (χ4n) is 1.71. The van der Waals surface area contributed by atoms with Crippen LogP contribution in [0.3, 0.4) is 0 Å². The average molecular weight is 268 g/mol. The van der Waals surface area contributed by atoms with Gasteiger partial charge in [-0.25, -0.2) is 9.59 Å². The first-order valence-corrected chi connectivity index (χ1v) is 5.79. The number of hydrogen-bond acceptors (Lipinski definition) is 5. The van der Waals surface area contributed by atoms with Crippen molar-refractivity contribution in [2.24, 2.45) is 9.98 Å². The zero-order valence-electron chi connectivity index (χ0n) is 9.70. The Kier molecular flexibility index (Phi) is 4.06. The first kappa shape index (κ1) is 13.0. The molecule has 0 aromatic heterocycles. The SMILES string of the molecule is O=C=Nc1ccc(S)c(-c2ccccc2N=C=O)c1. The lowest BCUT2D eigenvalue weighted by atomic mass is 10.0. The van der Waals surface area contributed by atoms with Crippen LogP contribution in [0, 0.1) is 0 Å². The normalized spacial score (nSPS) is 9.32. The van der Waals surface area contributed by atoms with Crippen molar-refractivity contribution in [1.82, 2.24) is 0 Å². The number of hydrogen-bond donors (Lipinski definition) is 1. The van der Waals surface area contributed by atoms with E-state index in [4.69, 9.17) is 0 Å². The zero-order chi connectivity index (χ0) is 13.7. The molecule has 5 heteroatoms. The second-order valence-corrected chi connectivity index (χ2v) is 4.11. The molecule has 92 valence electrons. The van der Waals surface area contributed by atoms with E-state index in [2.05, 4.69) is 22.6 Å². The standard InChI is InChI=1S/C14H8N2O2S/c17-8-15-10-5-6-14(19)12(7-10)11-3-1-2-4-13(11)16-9-18/h1-7,19H. The molecule has 19 heavy (non-hydrogen) atoms. The van der Waals surface area contributed by atoms with Crippen molar-refractivity contribution in [3.63, 3.8) is 0 Å². The lowest BCUT2D eigenvalue weighted by Crippen LogP contribution is -1.81. The lowest BCUT2D eigenvalue weighted by molar-refractivity contribution is 0.564. The largest absolute Gasteiger partial charge is 0.240 e. The molecule has 0 aliphatic rings. The molecule has 2 aromatic carbocycles. The Bertz CT molecular complexity index is 715. The number of carbonyl (C=O) groups excluding carboxylic acids is 2. The number of nitrogens with zero attached hydrogens (tertiary/aromatic N) is 2. The van der Waals surface area contributed by atoms with Crippen molar-refractivity contribution in [2.45, 2.75) is 4.90 Å². The molecule has 0 radical (unpaired) electrons. The maximum absolute atomic E-state index is 10.4. The van der Waals surface area contributed by atoms with Crippen LogP contribution in [0.4, 0.5) is 11.4 Å². The summed E-state index contributed by atoms with van der Waals surface area (Å²) in [7, 11) is 0. The Hall–Kier alpha value is -2.45. The van der Waals surface area contributed by atoms with Gasteiger partial charge in [0.2, 0.25) is 12.2 Å². The first-order valence-electron chi connectivity index (χ1n) is 5.34. The van der Waals surface area contributed by atoms with Crippen LogP contribution in [-0.4, -0.2) is 12.2 Å². The second kappa shape index (κ2) is 5.94. The summed E-state index contributed by atoms with van der Waals surface area (Å²) in [6.45, 7) is 0. The van der Waals surface area contributed by atoms with Gasteiger partial charge in [-0.15, -0.1) is 12.6 Å². The maximum atomic E-state index is 10.4. The minimum absolute atomic E-state index is 0.465. The summed E-state index contributed by atoms with van der Waals surface area (Å²) < 4.78 is 0. The number of benzene rings is 2. The van der Waals surface area contributed by atoms with Gasteiger partial charge in [0.05, 0.1) is 11.4 Å². The Labute approximate surface area is 114 Å². The summed E-state index contributed by atoms with van der Waals surface area (Å²) in [5.74, 6) is 0. The molecule has 0 saturated carbocycles. The minimum Gasteiger partial charge on any atom is -0.211 e. The van der Waals surface area contributed by atoms with Crippen LogP contribution < -0.4 is 0 Å². The number of rotatable bonds is 3. The van der Waals surface area contributed by atoms with Crippen LogP contribution in [0.1, 0.15) is 0 Å². The molecule has 2 rings (SSSR count). The van der Waals surface area contributed by atoms with Crippen molar-refractivity contribution in [2.75, 3.05) is 0 Å². The van der Waals surface area contributed by atoms with Crippen LogP contribution in [0.5, 0.6) is 0 Å². The van der Waals surface area contributed by atoms with Gasteiger partial charge in [0.25, 0.3) is 0 Å². The molecule has 0 spiro atoms. The van der Waals surface area contributed by atoms with E-state index in [0.29, 0.717) is 16.3 Å². The van der Waals surface area contributed by atoms with E-state index in [1.165, 1.54) is 12.2 Å². The van der Waals surface area contributed by atoms with E-state index in [1.807, 2.05) is 6.07 Å². The van der Waals surface area contributed by atoms with Crippen LogP contribution >= 0.6 is 12.6 Å². The van der Waals surface area contributed by atoms with Gasteiger partial charge >= 0.3 is 0 Å². The van der Waals surface area contributed by atoms with Gasteiger partial charge in [0.1, 0.15) is 0 Å². The molecule has 0 heterocycles. The Morgan fingerprint density at radius 3 is 2.37 bits per heavy atom. The average Bonchev–Trinajstić information content (AvgIpc) is 2.42. The third kappa shape index (κ3) is 2.87. The molecular formula is C14H8N2O2S. The quantitative estimate of drug-likeness (QED) is 0.525. The summed E-state index contributed by atoms with van der Waals surface area (Å²) in [5, 5.41) is 0. The van der Waals surface area contributed by atoms with E-state index in [-0.39, 0.29) is 0 Å². The third-order valence-electron chi connectivity index (χ3n) is 2.52. The monoisotopic (exact) mass is 268 g/mol. The Balaban J connectivity index is 2.67. The highest BCUT2D eigenvalue weighted by Gasteiger charge is 2.08. The highest BCUT2D eigenvalue weighted by Crippen LogP contribution is 2.36.